The minimum absolute atomic E-state index is 0.384. The molecule has 2 heteroatoms. The molecule has 0 nitrogen and oxygen atoms in total. The van der Waals surface area contributed by atoms with Crippen LogP contribution in [0.5, 0.6) is 0 Å². The zero-order valence-electron chi connectivity index (χ0n) is 6.91. The number of alkyl halides is 1. The molecule has 0 N–H and O–H groups in total. The summed E-state index contributed by atoms with van der Waals surface area (Å²) >= 11 is 7.93. The summed E-state index contributed by atoms with van der Waals surface area (Å²) in [6.07, 6.45) is 0. The van der Waals surface area contributed by atoms with Gasteiger partial charge in [-0.1, -0.05) is 25.1 Å². The summed E-state index contributed by atoms with van der Waals surface area (Å²) in [6.45, 7) is 2.21. The molecule has 1 aromatic rings. The van der Waals surface area contributed by atoms with Gasteiger partial charge in [-0.3, -0.25) is 0 Å². The summed E-state index contributed by atoms with van der Waals surface area (Å²) in [5.74, 6) is 0.678. The van der Waals surface area contributed by atoms with Crippen molar-refractivity contribution in [3.8, 4) is 0 Å². The molecular formula is C10H11ClS. The lowest BCUT2D eigenvalue weighted by molar-refractivity contribution is 0.989. The number of halogens is 1. The highest BCUT2D eigenvalue weighted by molar-refractivity contribution is 8.00. The van der Waals surface area contributed by atoms with Gasteiger partial charge in [0.25, 0.3) is 0 Å². The second-order valence-electron chi connectivity index (χ2n) is 3.20. The Bertz CT molecular complexity index is 252. The van der Waals surface area contributed by atoms with E-state index in [1.54, 1.807) is 0 Å². The fourth-order valence-electron chi connectivity index (χ4n) is 1.21. The SMILES string of the molecule is C[C@H]1[C@@H](Cl)[C@H]1Sc1ccccc1. The fourth-order valence-corrected chi connectivity index (χ4v) is 3.05. The van der Waals surface area contributed by atoms with Crippen LogP contribution in [0, 0.1) is 5.92 Å². The lowest BCUT2D eigenvalue weighted by atomic mass is 10.4. The molecule has 0 amide bonds. The van der Waals surface area contributed by atoms with Gasteiger partial charge in [0.15, 0.2) is 0 Å². The predicted octanol–water partition coefficient (Wildman–Crippen LogP) is 3.40. The third-order valence-electron chi connectivity index (χ3n) is 2.21. The summed E-state index contributed by atoms with van der Waals surface area (Å²) in [6, 6.07) is 10.5. The van der Waals surface area contributed by atoms with Crippen molar-refractivity contribution in [2.45, 2.75) is 22.4 Å². The third kappa shape index (κ3) is 1.62. The van der Waals surface area contributed by atoms with Crippen LogP contribution in [0.4, 0.5) is 0 Å². The first-order chi connectivity index (χ1) is 5.79. The van der Waals surface area contributed by atoms with Gasteiger partial charge in [-0.15, -0.1) is 23.4 Å². The van der Waals surface area contributed by atoms with Crippen molar-refractivity contribution in [2.24, 2.45) is 5.92 Å². The van der Waals surface area contributed by atoms with Crippen molar-refractivity contribution in [2.75, 3.05) is 0 Å². The Morgan fingerprint density at radius 2 is 1.83 bits per heavy atom. The fraction of sp³-hybridized carbons (Fsp3) is 0.400. The summed E-state index contributed by atoms with van der Waals surface area (Å²) in [5.41, 5.74) is 0. The Morgan fingerprint density at radius 1 is 1.25 bits per heavy atom. The van der Waals surface area contributed by atoms with Crippen LogP contribution in [0.15, 0.2) is 35.2 Å². The molecule has 2 rings (SSSR count). The number of benzene rings is 1. The first kappa shape index (κ1) is 8.46. The summed E-state index contributed by atoms with van der Waals surface area (Å²) < 4.78 is 0. The number of hydrogen-bond donors (Lipinski definition) is 0. The first-order valence-corrected chi connectivity index (χ1v) is 5.46. The van der Waals surface area contributed by atoms with Crippen LogP contribution in [0.3, 0.4) is 0 Å². The van der Waals surface area contributed by atoms with E-state index in [4.69, 9.17) is 11.6 Å². The molecule has 0 heterocycles. The van der Waals surface area contributed by atoms with Crippen LogP contribution < -0.4 is 0 Å². The van der Waals surface area contributed by atoms with E-state index in [2.05, 4.69) is 31.2 Å². The van der Waals surface area contributed by atoms with E-state index in [-0.39, 0.29) is 0 Å². The maximum Gasteiger partial charge on any atom is 0.0498 e. The minimum atomic E-state index is 0.384. The van der Waals surface area contributed by atoms with Gasteiger partial charge >= 0.3 is 0 Å². The van der Waals surface area contributed by atoms with Crippen LogP contribution in [-0.4, -0.2) is 10.6 Å². The molecule has 0 aliphatic heterocycles. The molecule has 0 unspecified atom stereocenters. The highest BCUT2D eigenvalue weighted by Gasteiger charge is 2.45. The van der Waals surface area contributed by atoms with Gasteiger partial charge in [0.1, 0.15) is 0 Å². The molecule has 1 fully saturated rings. The highest BCUT2D eigenvalue weighted by atomic mass is 35.5. The largest absolute Gasteiger partial charge is 0.121 e. The zero-order valence-corrected chi connectivity index (χ0v) is 8.48. The normalized spacial score (nSPS) is 33.3. The molecule has 1 aliphatic carbocycles. The Kier molecular flexibility index (Phi) is 2.33. The molecular weight excluding hydrogens is 188 g/mol. The van der Waals surface area contributed by atoms with E-state index in [1.807, 2.05) is 17.8 Å². The molecule has 0 aromatic heterocycles. The van der Waals surface area contributed by atoms with Crippen LogP contribution in [0.25, 0.3) is 0 Å². The molecule has 1 saturated carbocycles. The Hall–Kier alpha value is -0.140. The summed E-state index contributed by atoms with van der Waals surface area (Å²) in [7, 11) is 0. The average molecular weight is 199 g/mol. The van der Waals surface area contributed by atoms with Gasteiger partial charge in [-0.2, -0.15) is 0 Å². The molecule has 3 atom stereocenters. The van der Waals surface area contributed by atoms with Crippen molar-refractivity contribution >= 4 is 23.4 Å². The molecule has 1 aromatic carbocycles. The molecule has 0 radical (unpaired) electrons. The maximum atomic E-state index is 6.03. The van der Waals surface area contributed by atoms with Gasteiger partial charge in [0, 0.05) is 15.5 Å². The highest BCUT2D eigenvalue weighted by Crippen LogP contribution is 2.48. The van der Waals surface area contributed by atoms with Crippen molar-refractivity contribution in [3.05, 3.63) is 30.3 Å². The second-order valence-corrected chi connectivity index (χ2v) is 4.95. The molecule has 64 valence electrons. The second kappa shape index (κ2) is 3.31. The topological polar surface area (TPSA) is 0 Å². The number of hydrogen-bond acceptors (Lipinski definition) is 1. The van der Waals surface area contributed by atoms with Gasteiger partial charge < -0.3 is 0 Å². The Labute approximate surface area is 82.3 Å². The van der Waals surface area contributed by atoms with Crippen LogP contribution in [-0.2, 0) is 0 Å². The van der Waals surface area contributed by atoms with Crippen LogP contribution >= 0.6 is 23.4 Å². The lowest BCUT2D eigenvalue weighted by Gasteiger charge is -1.97. The van der Waals surface area contributed by atoms with Gasteiger partial charge in [-0.25, -0.2) is 0 Å². The first-order valence-electron chi connectivity index (χ1n) is 4.15. The average Bonchev–Trinajstić information content (AvgIpc) is 2.65. The minimum Gasteiger partial charge on any atom is -0.121 e. The Morgan fingerprint density at radius 3 is 2.33 bits per heavy atom. The number of thioether (sulfide) groups is 1. The molecule has 0 spiro atoms. The van der Waals surface area contributed by atoms with Crippen LogP contribution in [0.2, 0.25) is 0 Å². The summed E-state index contributed by atoms with van der Waals surface area (Å²) in [4.78, 5) is 1.33. The van der Waals surface area contributed by atoms with E-state index in [0.717, 1.165) is 0 Å². The molecule has 1 aliphatic rings. The smallest absolute Gasteiger partial charge is 0.0498 e. The lowest BCUT2D eigenvalue weighted by Crippen LogP contribution is -1.79. The standard InChI is InChI=1S/C10H11ClS/c1-7-9(11)10(7)12-8-5-3-2-4-6-8/h2-7,9-10H,1H3/t7-,9+,10-/m0/s1. The van der Waals surface area contributed by atoms with Crippen molar-refractivity contribution in [1.29, 1.82) is 0 Å². The summed E-state index contributed by atoms with van der Waals surface area (Å²) in [5, 5.41) is 1.02. The van der Waals surface area contributed by atoms with Gasteiger partial charge in [0.05, 0.1) is 0 Å². The van der Waals surface area contributed by atoms with Gasteiger partial charge in [-0.05, 0) is 18.1 Å². The van der Waals surface area contributed by atoms with E-state index >= 15 is 0 Å². The number of rotatable bonds is 2. The van der Waals surface area contributed by atoms with Crippen molar-refractivity contribution < 1.29 is 0 Å². The van der Waals surface area contributed by atoms with Crippen LogP contribution in [0.1, 0.15) is 6.92 Å². The Balaban J connectivity index is 1.97. The monoisotopic (exact) mass is 198 g/mol. The molecule has 0 saturated heterocycles. The van der Waals surface area contributed by atoms with E-state index in [9.17, 15) is 0 Å². The quantitative estimate of drug-likeness (QED) is 0.657. The van der Waals surface area contributed by atoms with E-state index < -0.39 is 0 Å². The zero-order chi connectivity index (χ0) is 8.55. The maximum absolute atomic E-state index is 6.03. The molecule has 12 heavy (non-hydrogen) atoms. The molecule has 0 bridgehead atoms. The third-order valence-corrected chi connectivity index (χ3v) is 4.57. The van der Waals surface area contributed by atoms with E-state index in [1.165, 1.54) is 4.90 Å². The van der Waals surface area contributed by atoms with E-state index in [0.29, 0.717) is 16.5 Å². The van der Waals surface area contributed by atoms with Crippen molar-refractivity contribution in [1.82, 2.24) is 0 Å². The van der Waals surface area contributed by atoms with Gasteiger partial charge in [0.2, 0.25) is 0 Å². The van der Waals surface area contributed by atoms with Crippen molar-refractivity contribution in [3.63, 3.8) is 0 Å². The predicted molar refractivity (Wildman–Crippen MR) is 54.9 cm³/mol.